The minimum atomic E-state index is -3.63. The van der Waals surface area contributed by atoms with Crippen molar-refractivity contribution in [2.24, 2.45) is 0 Å². The highest BCUT2D eigenvalue weighted by Crippen LogP contribution is 2.34. The highest BCUT2D eigenvalue weighted by Gasteiger charge is 2.27. The van der Waals surface area contributed by atoms with Gasteiger partial charge in [-0.3, -0.25) is 13.9 Å². The largest absolute Gasteiger partial charge is 0.497 e. The normalized spacial score (nSPS) is 14.2. The van der Waals surface area contributed by atoms with Gasteiger partial charge in [-0.05, 0) is 56.5 Å². The number of ether oxygens (including phenoxy) is 3. The third-order valence-corrected chi connectivity index (χ3v) is 7.84. The Bertz CT molecular complexity index is 1230. The van der Waals surface area contributed by atoms with Crippen molar-refractivity contribution >= 4 is 27.5 Å². The van der Waals surface area contributed by atoms with Crippen molar-refractivity contribution in [2.75, 3.05) is 37.4 Å². The van der Waals surface area contributed by atoms with Crippen LogP contribution in [0, 0.1) is 0 Å². The topological polar surface area (TPSA) is 114 Å². The fourth-order valence-electron chi connectivity index (χ4n) is 4.17. The van der Waals surface area contributed by atoms with Gasteiger partial charge in [0.05, 0.1) is 19.1 Å². The quantitative estimate of drug-likeness (QED) is 0.399. The molecule has 2 amide bonds. The Balaban J connectivity index is 1.74. The van der Waals surface area contributed by atoms with Crippen molar-refractivity contribution in [3.05, 3.63) is 48.0 Å². The number of rotatable bonds is 13. The lowest BCUT2D eigenvalue weighted by atomic mass is 10.1. The van der Waals surface area contributed by atoms with Gasteiger partial charge in [-0.15, -0.1) is 0 Å². The van der Waals surface area contributed by atoms with Crippen LogP contribution in [0.1, 0.15) is 45.6 Å². The second-order valence-electron chi connectivity index (χ2n) is 9.63. The van der Waals surface area contributed by atoms with Gasteiger partial charge in [0.25, 0.3) is 0 Å². The van der Waals surface area contributed by atoms with E-state index in [1.807, 2.05) is 26.0 Å². The van der Waals surface area contributed by atoms with Crippen molar-refractivity contribution in [1.29, 1.82) is 0 Å². The SMILES string of the molecule is CCC(C)NC(=O)C(C)N(Cc1ccc(OC)cc1)C(=O)CCCN(c1ccc2c(c1)OCCO2)S(C)(=O)=O. The molecule has 2 unspecified atom stereocenters. The lowest BCUT2D eigenvalue weighted by molar-refractivity contribution is -0.140. The summed E-state index contributed by atoms with van der Waals surface area (Å²) >= 11 is 0. The van der Waals surface area contributed by atoms with Crippen LogP contribution in [-0.2, 0) is 26.2 Å². The van der Waals surface area contributed by atoms with E-state index >= 15 is 0 Å². The molecule has 10 nitrogen and oxygen atoms in total. The molecule has 2 aromatic carbocycles. The first-order chi connectivity index (χ1) is 18.5. The smallest absolute Gasteiger partial charge is 0.242 e. The van der Waals surface area contributed by atoms with Crippen LogP contribution in [0.5, 0.6) is 17.2 Å². The molecule has 1 aliphatic rings. The van der Waals surface area contributed by atoms with Crippen molar-refractivity contribution in [3.8, 4) is 17.2 Å². The molecule has 0 aliphatic carbocycles. The number of anilines is 1. The van der Waals surface area contributed by atoms with E-state index in [1.165, 1.54) is 9.21 Å². The number of hydrogen-bond acceptors (Lipinski definition) is 7. The number of benzene rings is 2. The number of carbonyl (C=O) groups excluding carboxylic acids is 2. The highest BCUT2D eigenvalue weighted by atomic mass is 32.2. The van der Waals surface area contributed by atoms with Gasteiger partial charge in [0.15, 0.2) is 11.5 Å². The summed E-state index contributed by atoms with van der Waals surface area (Å²) in [4.78, 5) is 27.9. The maximum absolute atomic E-state index is 13.4. The first-order valence-electron chi connectivity index (χ1n) is 13.1. The van der Waals surface area contributed by atoms with E-state index in [2.05, 4.69) is 5.32 Å². The molecule has 0 bridgehead atoms. The molecule has 1 heterocycles. The molecular formula is C28H39N3O7S. The zero-order valence-corrected chi connectivity index (χ0v) is 24.1. The third-order valence-electron chi connectivity index (χ3n) is 6.65. The molecule has 0 spiro atoms. The number of carbonyl (C=O) groups is 2. The Morgan fingerprint density at radius 3 is 2.33 bits per heavy atom. The lowest BCUT2D eigenvalue weighted by Crippen LogP contribution is -2.49. The molecule has 3 rings (SSSR count). The van der Waals surface area contributed by atoms with E-state index in [4.69, 9.17) is 14.2 Å². The number of fused-ring (bicyclic) bond motifs is 1. The van der Waals surface area contributed by atoms with Crippen molar-refractivity contribution in [2.45, 2.75) is 58.7 Å². The van der Waals surface area contributed by atoms with E-state index < -0.39 is 16.1 Å². The second-order valence-corrected chi connectivity index (χ2v) is 11.5. The standard InChI is InChI=1S/C28H39N3O7S/c1-6-20(2)29-28(33)21(3)30(19-22-9-12-24(36-4)13-10-22)27(32)8-7-15-31(39(5,34)35)23-11-14-25-26(18-23)38-17-16-37-25/h9-14,18,20-21H,6-8,15-17,19H2,1-5H3,(H,29,33). The van der Waals surface area contributed by atoms with Crippen molar-refractivity contribution in [3.63, 3.8) is 0 Å². The van der Waals surface area contributed by atoms with Gasteiger partial charge in [0.2, 0.25) is 21.8 Å². The van der Waals surface area contributed by atoms with Gasteiger partial charge in [-0.2, -0.15) is 0 Å². The van der Waals surface area contributed by atoms with Crippen molar-refractivity contribution in [1.82, 2.24) is 10.2 Å². The van der Waals surface area contributed by atoms with Gasteiger partial charge >= 0.3 is 0 Å². The molecule has 11 heteroatoms. The predicted octanol–water partition coefficient (Wildman–Crippen LogP) is 3.34. The van der Waals surface area contributed by atoms with Gasteiger partial charge < -0.3 is 24.4 Å². The second kappa shape index (κ2) is 13.5. The van der Waals surface area contributed by atoms with Crippen LogP contribution in [-0.4, -0.2) is 70.3 Å². The molecule has 1 N–H and O–H groups in total. The van der Waals surface area contributed by atoms with E-state index in [9.17, 15) is 18.0 Å². The summed E-state index contributed by atoms with van der Waals surface area (Å²) in [6.45, 7) is 6.74. The average Bonchev–Trinajstić information content (AvgIpc) is 2.92. The van der Waals surface area contributed by atoms with Crippen LogP contribution < -0.4 is 23.8 Å². The summed E-state index contributed by atoms with van der Waals surface area (Å²) < 4.78 is 42.9. The molecule has 1 aliphatic heterocycles. The number of nitrogens with one attached hydrogen (secondary N) is 1. The minimum absolute atomic E-state index is 0.0211. The minimum Gasteiger partial charge on any atom is -0.497 e. The summed E-state index contributed by atoms with van der Waals surface area (Å²) in [6, 6.07) is 11.6. The van der Waals surface area contributed by atoms with Gasteiger partial charge in [-0.1, -0.05) is 19.1 Å². The summed E-state index contributed by atoms with van der Waals surface area (Å²) in [5.74, 6) is 1.26. The fraction of sp³-hybridized carbons (Fsp3) is 0.500. The molecular weight excluding hydrogens is 522 g/mol. The highest BCUT2D eigenvalue weighted by molar-refractivity contribution is 7.92. The van der Waals surface area contributed by atoms with E-state index in [1.54, 1.807) is 44.4 Å². The summed E-state index contributed by atoms with van der Waals surface area (Å²) in [6.07, 6.45) is 2.22. The van der Waals surface area contributed by atoms with Gasteiger partial charge in [0, 0.05) is 31.6 Å². The molecule has 2 aromatic rings. The zero-order chi connectivity index (χ0) is 28.6. The van der Waals surface area contributed by atoms with E-state index in [-0.39, 0.29) is 43.8 Å². The predicted molar refractivity (Wildman–Crippen MR) is 150 cm³/mol. The first-order valence-corrected chi connectivity index (χ1v) is 15.0. The molecule has 0 saturated heterocycles. The summed E-state index contributed by atoms with van der Waals surface area (Å²) in [5, 5.41) is 2.95. The lowest BCUT2D eigenvalue weighted by Gasteiger charge is -2.30. The Hall–Kier alpha value is -3.47. The number of sulfonamides is 1. The summed E-state index contributed by atoms with van der Waals surface area (Å²) in [7, 11) is -2.05. The average molecular weight is 562 g/mol. The monoisotopic (exact) mass is 561 g/mol. The molecule has 214 valence electrons. The molecule has 0 fully saturated rings. The van der Waals surface area contributed by atoms with E-state index in [0.717, 1.165) is 18.2 Å². The number of amides is 2. The number of methoxy groups -OCH3 is 1. The molecule has 0 saturated carbocycles. The van der Waals surface area contributed by atoms with Gasteiger partial charge in [-0.25, -0.2) is 8.42 Å². The molecule has 0 aromatic heterocycles. The number of hydrogen-bond donors (Lipinski definition) is 1. The maximum Gasteiger partial charge on any atom is 0.242 e. The Kier molecular flexibility index (Phi) is 10.4. The Labute approximate surface area is 231 Å². The number of nitrogens with zero attached hydrogens (tertiary/aromatic N) is 2. The zero-order valence-electron chi connectivity index (χ0n) is 23.3. The first kappa shape index (κ1) is 30.1. The summed E-state index contributed by atoms with van der Waals surface area (Å²) in [5.41, 5.74) is 1.28. The van der Waals surface area contributed by atoms with E-state index in [0.29, 0.717) is 36.1 Å². The molecule has 2 atom stereocenters. The Morgan fingerprint density at radius 2 is 1.72 bits per heavy atom. The fourth-order valence-corrected chi connectivity index (χ4v) is 5.12. The Morgan fingerprint density at radius 1 is 1.05 bits per heavy atom. The van der Waals surface area contributed by atoms with Crippen LogP contribution in [0.25, 0.3) is 0 Å². The maximum atomic E-state index is 13.4. The van der Waals surface area contributed by atoms with Crippen LogP contribution in [0.4, 0.5) is 5.69 Å². The van der Waals surface area contributed by atoms with Gasteiger partial charge in [0.1, 0.15) is 25.0 Å². The van der Waals surface area contributed by atoms with Crippen LogP contribution in [0.3, 0.4) is 0 Å². The van der Waals surface area contributed by atoms with Crippen LogP contribution in [0.15, 0.2) is 42.5 Å². The van der Waals surface area contributed by atoms with Crippen LogP contribution in [0.2, 0.25) is 0 Å². The molecule has 39 heavy (non-hydrogen) atoms. The molecule has 0 radical (unpaired) electrons. The van der Waals surface area contributed by atoms with Crippen LogP contribution >= 0.6 is 0 Å². The third kappa shape index (κ3) is 8.26. The van der Waals surface area contributed by atoms with Crippen molar-refractivity contribution < 1.29 is 32.2 Å².